The topological polar surface area (TPSA) is 58.9 Å². The molecule has 2 rings (SSSR count). The molecule has 0 aromatic heterocycles. The second kappa shape index (κ2) is 7.67. The van der Waals surface area contributed by atoms with E-state index in [9.17, 15) is 5.11 Å². The van der Waals surface area contributed by atoms with Crippen LogP contribution in [0.1, 0.15) is 5.56 Å². The Morgan fingerprint density at radius 3 is 2.38 bits per heavy atom. The zero-order valence-corrected chi connectivity index (χ0v) is 12.1. The number of aliphatic hydroxyl groups excluding tert-OH is 1. The molecule has 0 aliphatic rings. The molecule has 112 valence electrons. The van der Waals surface area contributed by atoms with Gasteiger partial charge in [0.15, 0.2) is 0 Å². The predicted molar refractivity (Wildman–Crippen MR) is 81.7 cm³/mol. The van der Waals surface area contributed by atoms with E-state index in [1.54, 1.807) is 12.1 Å². The van der Waals surface area contributed by atoms with Crippen LogP contribution in [0.3, 0.4) is 0 Å². The van der Waals surface area contributed by atoms with E-state index in [2.05, 4.69) is 0 Å². The lowest BCUT2D eigenvalue weighted by Crippen LogP contribution is -2.09. The van der Waals surface area contributed by atoms with E-state index < -0.39 is 0 Å². The molecule has 0 saturated carbocycles. The molecule has 0 fully saturated rings. The van der Waals surface area contributed by atoms with Gasteiger partial charge < -0.3 is 19.7 Å². The quantitative estimate of drug-likeness (QED) is 0.769. The third kappa shape index (κ3) is 4.77. The number of rotatable bonds is 7. The Labute approximate surface area is 124 Å². The average molecular weight is 288 g/mol. The first-order valence-corrected chi connectivity index (χ1v) is 6.91. The molecule has 0 spiro atoms. The van der Waals surface area contributed by atoms with Crippen LogP contribution in [0.4, 0.5) is 0 Å². The third-order valence-corrected chi connectivity index (χ3v) is 3.01. The highest BCUT2D eigenvalue weighted by Crippen LogP contribution is 2.29. The van der Waals surface area contributed by atoms with Crippen molar-refractivity contribution < 1.29 is 19.7 Å². The summed E-state index contributed by atoms with van der Waals surface area (Å²) in [6, 6.07) is 13.3. The SMILES string of the molecule is Cc1ccc(-c2cc(O)cc(OCCOCCO)c2)cc1. The summed E-state index contributed by atoms with van der Waals surface area (Å²) in [6.45, 7) is 3.11. The van der Waals surface area contributed by atoms with Gasteiger partial charge in [0.1, 0.15) is 18.1 Å². The van der Waals surface area contributed by atoms with Crippen molar-refractivity contribution >= 4 is 0 Å². The van der Waals surface area contributed by atoms with Crippen LogP contribution < -0.4 is 4.74 Å². The highest BCUT2D eigenvalue weighted by Gasteiger charge is 2.04. The summed E-state index contributed by atoms with van der Waals surface area (Å²) in [7, 11) is 0. The van der Waals surface area contributed by atoms with E-state index >= 15 is 0 Å². The molecule has 4 nitrogen and oxygen atoms in total. The Morgan fingerprint density at radius 1 is 0.905 bits per heavy atom. The van der Waals surface area contributed by atoms with E-state index in [-0.39, 0.29) is 12.4 Å². The molecular weight excluding hydrogens is 268 g/mol. The van der Waals surface area contributed by atoms with Crippen molar-refractivity contribution in [1.29, 1.82) is 0 Å². The Balaban J connectivity index is 2.05. The van der Waals surface area contributed by atoms with E-state index in [0.29, 0.717) is 25.6 Å². The second-order valence-electron chi connectivity index (χ2n) is 4.77. The molecule has 2 N–H and O–H groups in total. The van der Waals surface area contributed by atoms with Crippen LogP contribution in [0.5, 0.6) is 11.5 Å². The fourth-order valence-electron chi connectivity index (χ4n) is 1.96. The van der Waals surface area contributed by atoms with Crippen molar-refractivity contribution in [2.75, 3.05) is 26.4 Å². The van der Waals surface area contributed by atoms with Gasteiger partial charge in [0.25, 0.3) is 0 Å². The molecule has 0 heterocycles. The molecule has 0 aliphatic heterocycles. The summed E-state index contributed by atoms with van der Waals surface area (Å²) < 4.78 is 10.7. The van der Waals surface area contributed by atoms with E-state index in [0.717, 1.165) is 11.1 Å². The fraction of sp³-hybridized carbons (Fsp3) is 0.294. The molecule has 2 aromatic carbocycles. The Morgan fingerprint density at radius 2 is 1.67 bits per heavy atom. The van der Waals surface area contributed by atoms with Crippen LogP contribution in [-0.4, -0.2) is 36.6 Å². The number of benzene rings is 2. The first kappa shape index (κ1) is 15.4. The van der Waals surface area contributed by atoms with Gasteiger partial charge in [0.2, 0.25) is 0 Å². The Kier molecular flexibility index (Phi) is 5.60. The van der Waals surface area contributed by atoms with Gasteiger partial charge >= 0.3 is 0 Å². The highest BCUT2D eigenvalue weighted by molar-refractivity contribution is 5.67. The maximum Gasteiger partial charge on any atom is 0.123 e. The summed E-state index contributed by atoms with van der Waals surface area (Å²) in [5.74, 6) is 0.762. The molecule has 0 unspecified atom stereocenters. The lowest BCUT2D eigenvalue weighted by molar-refractivity contribution is 0.0705. The van der Waals surface area contributed by atoms with Crippen LogP contribution in [0, 0.1) is 6.92 Å². The van der Waals surface area contributed by atoms with Gasteiger partial charge in [-0.3, -0.25) is 0 Å². The Bertz CT molecular complexity index is 564. The molecule has 4 heteroatoms. The first-order valence-electron chi connectivity index (χ1n) is 6.91. The van der Waals surface area contributed by atoms with Crippen LogP contribution in [-0.2, 0) is 4.74 Å². The van der Waals surface area contributed by atoms with Crippen LogP contribution >= 0.6 is 0 Å². The van der Waals surface area contributed by atoms with Crippen LogP contribution in [0.25, 0.3) is 11.1 Å². The molecule has 0 atom stereocenters. The number of aryl methyl sites for hydroxylation is 1. The van der Waals surface area contributed by atoms with Gasteiger partial charge in [0, 0.05) is 6.07 Å². The molecular formula is C17H20O4. The maximum atomic E-state index is 9.81. The smallest absolute Gasteiger partial charge is 0.123 e. The van der Waals surface area contributed by atoms with Crippen molar-refractivity contribution in [2.45, 2.75) is 6.92 Å². The molecule has 0 radical (unpaired) electrons. The number of phenols is 1. The standard InChI is InChI=1S/C17H20O4/c1-13-2-4-14(5-3-13)15-10-16(19)12-17(11-15)21-9-8-20-7-6-18/h2-5,10-12,18-19H,6-9H2,1H3. The van der Waals surface area contributed by atoms with Crippen molar-refractivity contribution in [2.24, 2.45) is 0 Å². The number of hydrogen-bond donors (Lipinski definition) is 2. The first-order chi connectivity index (χ1) is 10.2. The minimum Gasteiger partial charge on any atom is -0.508 e. The normalized spacial score (nSPS) is 10.6. The zero-order chi connectivity index (χ0) is 15.1. The summed E-state index contributed by atoms with van der Waals surface area (Å²) in [5, 5.41) is 18.4. The second-order valence-corrected chi connectivity index (χ2v) is 4.77. The number of ether oxygens (including phenoxy) is 2. The molecule has 0 aliphatic carbocycles. The Hall–Kier alpha value is -2.04. The summed E-state index contributed by atoms with van der Waals surface area (Å²) in [4.78, 5) is 0. The third-order valence-electron chi connectivity index (χ3n) is 3.01. The molecule has 2 aromatic rings. The zero-order valence-electron chi connectivity index (χ0n) is 12.1. The highest BCUT2D eigenvalue weighted by atomic mass is 16.5. The summed E-state index contributed by atoms with van der Waals surface area (Å²) >= 11 is 0. The van der Waals surface area contributed by atoms with Gasteiger partial charge in [-0.05, 0) is 30.2 Å². The van der Waals surface area contributed by atoms with Crippen molar-refractivity contribution in [3.05, 3.63) is 48.0 Å². The summed E-state index contributed by atoms with van der Waals surface area (Å²) in [5.41, 5.74) is 3.12. The average Bonchev–Trinajstić information content (AvgIpc) is 2.47. The number of aromatic hydroxyl groups is 1. The van der Waals surface area contributed by atoms with Gasteiger partial charge in [-0.1, -0.05) is 29.8 Å². The molecule has 0 amide bonds. The minimum atomic E-state index is 0.00367. The van der Waals surface area contributed by atoms with E-state index in [1.165, 1.54) is 5.56 Å². The van der Waals surface area contributed by atoms with E-state index in [1.807, 2.05) is 37.3 Å². The monoisotopic (exact) mass is 288 g/mol. The molecule has 21 heavy (non-hydrogen) atoms. The maximum absolute atomic E-state index is 9.81. The van der Waals surface area contributed by atoms with Crippen LogP contribution in [0.15, 0.2) is 42.5 Å². The molecule has 0 saturated heterocycles. The molecule has 0 bridgehead atoms. The van der Waals surface area contributed by atoms with Gasteiger partial charge in [-0.25, -0.2) is 0 Å². The lowest BCUT2D eigenvalue weighted by Gasteiger charge is -2.10. The number of hydrogen-bond acceptors (Lipinski definition) is 4. The largest absolute Gasteiger partial charge is 0.508 e. The van der Waals surface area contributed by atoms with Gasteiger partial charge in [0.05, 0.1) is 19.8 Å². The van der Waals surface area contributed by atoms with Crippen LogP contribution in [0.2, 0.25) is 0 Å². The predicted octanol–water partition coefficient (Wildman–Crippen LogP) is 2.76. The minimum absolute atomic E-state index is 0.00367. The summed E-state index contributed by atoms with van der Waals surface area (Å²) in [6.07, 6.45) is 0. The lowest BCUT2D eigenvalue weighted by atomic mass is 10.0. The number of aliphatic hydroxyl groups is 1. The number of phenolic OH excluding ortho intramolecular Hbond substituents is 1. The van der Waals surface area contributed by atoms with Gasteiger partial charge in [-0.15, -0.1) is 0 Å². The van der Waals surface area contributed by atoms with E-state index in [4.69, 9.17) is 14.6 Å². The van der Waals surface area contributed by atoms with Crippen molar-refractivity contribution in [3.8, 4) is 22.6 Å². The van der Waals surface area contributed by atoms with Crippen molar-refractivity contribution in [3.63, 3.8) is 0 Å². The fourth-order valence-corrected chi connectivity index (χ4v) is 1.96. The van der Waals surface area contributed by atoms with Gasteiger partial charge in [-0.2, -0.15) is 0 Å². The van der Waals surface area contributed by atoms with Crippen molar-refractivity contribution in [1.82, 2.24) is 0 Å².